The molecule has 21 heavy (non-hydrogen) atoms. The minimum atomic E-state index is 0. The van der Waals surface area contributed by atoms with Crippen LogP contribution in [0.25, 0.3) is 0 Å². The molecule has 1 aliphatic heterocycles. The van der Waals surface area contributed by atoms with Gasteiger partial charge in [0.25, 0.3) is 0 Å². The fourth-order valence-corrected chi connectivity index (χ4v) is 1.88. The van der Waals surface area contributed by atoms with Crippen molar-refractivity contribution in [2.24, 2.45) is 9.98 Å². The van der Waals surface area contributed by atoms with E-state index in [1.165, 1.54) is 0 Å². The number of aliphatic imine (C=N–C) groups is 2. The molecule has 0 atom stereocenters. The summed E-state index contributed by atoms with van der Waals surface area (Å²) in [6.07, 6.45) is 1.06. The summed E-state index contributed by atoms with van der Waals surface area (Å²) in [7, 11) is 0. The first-order valence-corrected chi connectivity index (χ1v) is 6.48. The van der Waals surface area contributed by atoms with Crippen molar-refractivity contribution in [1.82, 2.24) is 10.3 Å². The topological polar surface area (TPSA) is 49.6 Å². The van der Waals surface area contributed by atoms with Crippen molar-refractivity contribution < 1.29 is 50.7 Å². The molecule has 7 heteroatoms. The molecule has 1 radical (unpaired) electrons. The smallest absolute Gasteiger partial charge is 1.00 e. The van der Waals surface area contributed by atoms with E-state index in [4.69, 9.17) is 0 Å². The number of rotatable bonds is 0. The Hall–Kier alpha value is -0.0835. The average Bonchev–Trinajstić information content (AvgIpc) is 2.41. The molecule has 0 aromatic carbocycles. The SMILES string of the molecule is CC1=NCCCNCCN=C(C)c2cccc1n2.[Br-].[Br-].[Co+2]. The maximum Gasteiger partial charge on any atom is 2.00 e. The van der Waals surface area contributed by atoms with Gasteiger partial charge in [-0.25, -0.2) is 4.98 Å². The summed E-state index contributed by atoms with van der Waals surface area (Å²) in [6, 6.07) is 6.03. The van der Waals surface area contributed by atoms with E-state index in [9.17, 15) is 0 Å². The molecule has 1 aromatic heterocycles. The van der Waals surface area contributed by atoms with Gasteiger partial charge in [0.2, 0.25) is 0 Å². The summed E-state index contributed by atoms with van der Waals surface area (Å²) in [5.74, 6) is 0. The molecule has 2 bridgehead atoms. The Balaban J connectivity index is 0. The van der Waals surface area contributed by atoms with E-state index >= 15 is 0 Å². The monoisotopic (exact) mass is 461 g/mol. The van der Waals surface area contributed by atoms with E-state index in [1.807, 2.05) is 32.0 Å². The van der Waals surface area contributed by atoms with Crippen molar-refractivity contribution in [1.29, 1.82) is 0 Å². The van der Waals surface area contributed by atoms with Crippen molar-refractivity contribution in [2.75, 3.05) is 26.2 Å². The number of hydrogen-bond donors (Lipinski definition) is 1. The van der Waals surface area contributed by atoms with Crippen molar-refractivity contribution >= 4 is 11.4 Å². The number of fused-ring (bicyclic) bond motifs is 2. The van der Waals surface area contributed by atoms with Crippen LogP contribution in [0.1, 0.15) is 31.7 Å². The van der Waals surface area contributed by atoms with Crippen molar-refractivity contribution in [3.8, 4) is 0 Å². The average molecular weight is 463 g/mol. The first kappa shape index (κ1) is 23.2. The number of hydrogen-bond acceptors (Lipinski definition) is 4. The Kier molecular flexibility index (Phi) is 13.8. The van der Waals surface area contributed by atoms with Crippen LogP contribution in [0.15, 0.2) is 28.2 Å². The largest absolute Gasteiger partial charge is 2.00 e. The van der Waals surface area contributed by atoms with Crippen molar-refractivity contribution in [3.63, 3.8) is 0 Å². The molecular weight excluding hydrogens is 443 g/mol. The van der Waals surface area contributed by atoms with Crippen LogP contribution >= 0.6 is 0 Å². The van der Waals surface area contributed by atoms with Gasteiger partial charge in [0.05, 0.1) is 29.4 Å². The molecule has 0 aliphatic carbocycles. The first-order valence-electron chi connectivity index (χ1n) is 6.48. The molecule has 1 aliphatic rings. The predicted octanol–water partition coefficient (Wildman–Crippen LogP) is -4.30. The number of halogens is 2. The van der Waals surface area contributed by atoms with E-state index in [-0.39, 0.29) is 50.7 Å². The van der Waals surface area contributed by atoms with Crippen LogP contribution in [-0.2, 0) is 16.8 Å². The van der Waals surface area contributed by atoms with Crippen LogP contribution < -0.4 is 39.3 Å². The number of nitrogens with zero attached hydrogens (tertiary/aromatic N) is 3. The van der Waals surface area contributed by atoms with Crippen LogP contribution in [-0.4, -0.2) is 42.6 Å². The van der Waals surface area contributed by atoms with Crippen LogP contribution in [0.5, 0.6) is 0 Å². The second-order valence-corrected chi connectivity index (χ2v) is 4.45. The zero-order valence-corrected chi connectivity index (χ0v) is 16.4. The Labute approximate surface area is 158 Å². The van der Waals surface area contributed by atoms with E-state index in [0.29, 0.717) is 0 Å². The van der Waals surface area contributed by atoms with Crippen LogP contribution in [0.4, 0.5) is 0 Å². The van der Waals surface area contributed by atoms with E-state index in [1.54, 1.807) is 0 Å². The summed E-state index contributed by atoms with van der Waals surface area (Å²) < 4.78 is 0. The number of aromatic nitrogens is 1. The summed E-state index contributed by atoms with van der Waals surface area (Å²) in [4.78, 5) is 13.7. The molecule has 4 nitrogen and oxygen atoms in total. The van der Waals surface area contributed by atoms with Crippen LogP contribution in [0.2, 0.25) is 0 Å². The van der Waals surface area contributed by atoms with Gasteiger partial charge in [0.1, 0.15) is 0 Å². The molecule has 0 amide bonds. The maximum absolute atomic E-state index is 4.62. The van der Waals surface area contributed by atoms with Gasteiger partial charge < -0.3 is 39.3 Å². The molecule has 2 rings (SSSR count). The van der Waals surface area contributed by atoms with Crippen LogP contribution in [0, 0.1) is 0 Å². The van der Waals surface area contributed by atoms with Gasteiger partial charge in [-0.15, -0.1) is 0 Å². The third kappa shape index (κ3) is 7.65. The molecular formula is C14H20Br2CoN4. The summed E-state index contributed by atoms with van der Waals surface area (Å²) in [5, 5.41) is 3.37. The maximum atomic E-state index is 4.62. The van der Waals surface area contributed by atoms with E-state index < -0.39 is 0 Å². The zero-order chi connectivity index (χ0) is 12.8. The molecule has 119 valence electrons. The van der Waals surface area contributed by atoms with E-state index in [2.05, 4.69) is 20.3 Å². The third-order valence-corrected chi connectivity index (χ3v) is 2.99. The molecule has 0 saturated carbocycles. The fraction of sp³-hybridized carbons (Fsp3) is 0.500. The molecule has 1 N–H and O–H groups in total. The normalized spacial score (nSPS) is 15.3. The quantitative estimate of drug-likeness (QED) is 0.424. The molecule has 0 saturated heterocycles. The Morgan fingerprint density at radius 3 is 2.10 bits per heavy atom. The van der Waals surface area contributed by atoms with Crippen molar-refractivity contribution in [2.45, 2.75) is 20.3 Å². The predicted molar refractivity (Wildman–Crippen MR) is 75.9 cm³/mol. The summed E-state index contributed by atoms with van der Waals surface area (Å²) >= 11 is 0. The van der Waals surface area contributed by atoms with Gasteiger partial charge in [-0.3, -0.25) is 9.98 Å². The third-order valence-electron chi connectivity index (χ3n) is 2.99. The second kappa shape index (κ2) is 12.5. The molecule has 1 aromatic rings. The van der Waals surface area contributed by atoms with Gasteiger partial charge in [-0.1, -0.05) is 6.07 Å². The molecule has 0 fully saturated rings. The Morgan fingerprint density at radius 1 is 0.905 bits per heavy atom. The molecule has 0 spiro atoms. The van der Waals surface area contributed by atoms with Gasteiger partial charge in [-0.2, -0.15) is 0 Å². The minimum absolute atomic E-state index is 0. The Morgan fingerprint density at radius 2 is 1.48 bits per heavy atom. The number of nitrogens with one attached hydrogen (secondary N) is 1. The van der Waals surface area contributed by atoms with Crippen molar-refractivity contribution in [3.05, 3.63) is 29.6 Å². The summed E-state index contributed by atoms with van der Waals surface area (Å²) in [5.41, 5.74) is 3.89. The Bertz CT molecular complexity index is 439. The fourth-order valence-electron chi connectivity index (χ4n) is 1.88. The molecule has 2 heterocycles. The minimum Gasteiger partial charge on any atom is -1.00 e. The zero-order valence-electron chi connectivity index (χ0n) is 12.2. The van der Waals surface area contributed by atoms with Gasteiger partial charge in [0, 0.05) is 13.1 Å². The number of pyridine rings is 1. The first-order chi connectivity index (χ1) is 8.77. The standard InChI is InChI=1S/C14H20N4.2BrH.Co/c1-11-13-5-3-6-14(18-13)12(2)17-10-9-15-7-4-8-16-11;;;/h3,5-6,15H,4,7-10H2,1-2H3;2*1H;/q;;;+2/p-2. The van der Waals surface area contributed by atoms with Gasteiger partial charge >= 0.3 is 16.8 Å². The van der Waals surface area contributed by atoms with Crippen LogP contribution in [0.3, 0.4) is 0 Å². The van der Waals surface area contributed by atoms with Gasteiger partial charge in [-0.05, 0) is 38.9 Å². The van der Waals surface area contributed by atoms with E-state index in [0.717, 1.165) is 55.4 Å². The second-order valence-electron chi connectivity index (χ2n) is 4.45. The molecule has 0 unspecified atom stereocenters. The summed E-state index contributed by atoms with van der Waals surface area (Å²) in [6.45, 7) is 7.60. The van der Waals surface area contributed by atoms with Gasteiger partial charge in [0.15, 0.2) is 0 Å².